The second-order valence-corrected chi connectivity index (χ2v) is 5.64. The molecule has 1 heteroatoms. The fraction of sp³-hybridized carbons (Fsp3) is 0.333. The van der Waals surface area contributed by atoms with Gasteiger partial charge < -0.3 is 0 Å². The molecule has 0 aromatic heterocycles. The van der Waals surface area contributed by atoms with Crippen LogP contribution in [0.15, 0.2) is 54.6 Å². The molecular weight excluding hydrogens is 252 g/mol. The minimum atomic E-state index is 0.585. The van der Waals surface area contributed by atoms with Crippen molar-refractivity contribution in [1.82, 2.24) is 0 Å². The Bertz CT molecular complexity index is 487. The molecule has 0 spiro atoms. The van der Waals surface area contributed by atoms with Gasteiger partial charge in [-0.05, 0) is 47.9 Å². The average Bonchev–Trinajstić information content (AvgIpc) is 2.46. The first-order valence-corrected chi connectivity index (χ1v) is 7.39. The van der Waals surface area contributed by atoms with E-state index >= 15 is 0 Å². The maximum atomic E-state index is 5.96. The van der Waals surface area contributed by atoms with Crippen molar-refractivity contribution < 1.29 is 0 Å². The standard InChI is InChI=1S/C18H21Cl/c1-3-15(17-9-11-18(19)12-10-17)13-14(2)16-7-5-4-6-8-16/h4-12,14-15H,3,13H2,1-2H3. The fourth-order valence-corrected chi connectivity index (χ4v) is 2.74. The third-order valence-corrected chi connectivity index (χ3v) is 4.09. The van der Waals surface area contributed by atoms with Gasteiger partial charge in [0.15, 0.2) is 0 Å². The minimum absolute atomic E-state index is 0.585. The summed E-state index contributed by atoms with van der Waals surface area (Å²) in [5.41, 5.74) is 2.82. The van der Waals surface area contributed by atoms with Crippen molar-refractivity contribution >= 4 is 11.6 Å². The molecular formula is C18H21Cl. The highest BCUT2D eigenvalue weighted by molar-refractivity contribution is 6.30. The molecule has 0 heterocycles. The van der Waals surface area contributed by atoms with Crippen LogP contribution in [-0.2, 0) is 0 Å². The van der Waals surface area contributed by atoms with E-state index in [2.05, 4.69) is 56.3 Å². The molecule has 0 radical (unpaired) electrons. The van der Waals surface area contributed by atoms with Crippen LogP contribution in [0.2, 0.25) is 5.02 Å². The summed E-state index contributed by atoms with van der Waals surface area (Å²) in [7, 11) is 0. The molecule has 0 saturated heterocycles. The largest absolute Gasteiger partial charge is 0.0843 e. The Labute approximate surface area is 121 Å². The summed E-state index contributed by atoms with van der Waals surface area (Å²) in [6.07, 6.45) is 2.35. The summed E-state index contributed by atoms with van der Waals surface area (Å²) in [6.45, 7) is 4.57. The van der Waals surface area contributed by atoms with Crippen LogP contribution in [0.4, 0.5) is 0 Å². The molecule has 2 aromatic carbocycles. The lowest BCUT2D eigenvalue weighted by molar-refractivity contribution is 0.544. The summed E-state index contributed by atoms with van der Waals surface area (Å²) in [5.74, 6) is 1.19. The SMILES string of the molecule is CCC(CC(C)c1ccccc1)c1ccc(Cl)cc1. The molecule has 100 valence electrons. The van der Waals surface area contributed by atoms with Crippen LogP contribution in [0, 0.1) is 0 Å². The summed E-state index contributed by atoms with van der Waals surface area (Å²) in [4.78, 5) is 0. The Hall–Kier alpha value is -1.27. The monoisotopic (exact) mass is 272 g/mol. The van der Waals surface area contributed by atoms with Crippen molar-refractivity contribution in [1.29, 1.82) is 0 Å². The topological polar surface area (TPSA) is 0 Å². The van der Waals surface area contributed by atoms with Gasteiger partial charge in [0.05, 0.1) is 0 Å². The van der Waals surface area contributed by atoms with Gasteiger partial charge in [0.1, 0.15) is 0 Å². The predicted octanol–water partition coefficient (Wildman–Crippen LogP) is 6.03. The fourth-order valence-electron chi connectivity index (χ4n) is 2.62. The Morgan fingerprint density at radius 3 is 2.11 bits per heavy atom. The van der Waals surface area contributed by atoms with Gasteiger partial charge in [0.2, 0.25) is 0 Å². The lowest BCUT2D eigenvalue weighted by Gasteiger charge is -2.20. The number of hydrogen-bond acceptors (Lipinski definition) is 0. The highest BCUT2D eigenvalue weighted by Gasteiger charge is 2.14. The predicted molar refractivity (Wildman–Crippen MR) is 84.0 cm³/mol. The molecule has 0 aliphatic heterocycles. The number of halogens is 1. The van der Waals surface area contributed by atoms with Gasteiger partial charge in [-0.25, -0.2) is 0 Å². The van der Waals surface area contributed by atoms with E-state index in [1.807, 2.05) is 12.1 Å². The Morgan fingerprint density at radius 2 is 1.53 bits per heavy atom. The van der Waals surface area contributed by atoms with Gasteiger partial charge in [-0.1, -0.05) is 67.9 Å². The Balaban J connectivity index is 2.09. The van der Waals surface area contributed by atoms with Crippen molar-refractivity contribution in [3.8, 4) is 0 Å². The van der Waals surface area contributed by atoms with Crippen LogP contribution in [0.1, 0.15) is 49.7 Å². The molecule has 0 N–H and O–H groups in total. The van der Waals surface area contributed by atoms with Crippen molar-refractivity contribution in [2.75, 3.05) is 0 Å². The molecule has 0 saturated carbocycles. The number of benzene rings is 2. The minimum Gasteiger partial charge on any atom is -0.0843 e. The van der Waals surface area contributed by atoms with Gasteiger partial charge in [-0.2, -0.15) is 0 Å². The summed E-state index contributed by atoms with van der Waals surface area (Å²) in [5, 5.41) is 0.815. The first-order chi connectivity index (χ1) is 9.20. The zero-order valence-corrected chi connectivity index (χ0v) is 12.4. The smallest absolute Gasteiger partial charge is 0.0406 e. The second kappa shape index (κ2) is 6.77. The van der Waals surface area contributed by atoms with E-state index in [0.29, 0.717) is 11.8 Å². The van der Waals surface area contributed by atoms with Crippen molar-refractivity contribution in [3.05, 3.63) is 70.7 Å². The van der Waals surface area contributed by atoms with E-state index < -0.39 is 0 Å². The van der Waals surface area contributed by atoms with Gasteiger partial charge in [0, 0.05) is 5.02 Å². The van der Waals surface area contributed by atoms with Crippen molar-refractivity contribution in [3.63, 3.8) is 0 Å². The van der Waals surface area contributed by atoms with Gasteiger partial charge >= 0.3 is 0 Å². The number of hydrogen-bond donors (Lipinski definition) is 0. The van der Waals surface area contributed by atoms with Crippen LogP contribution in [0.5, 0.6) is 0 Å². The second-order valence-electron chi connectivity index (χ2n) is 5.20. The average molecular weight is 273 g/mol. The first kappa shape index (κ1) is 14.1. The van der Waals surface area contributed by atoms with E-state index in [4.69, 9.17) is 11.6 Å². The highest BCUT2D eigenvalue weighted by atomic mass is 35.5. The number of rotatable bonds is 5. The van der Waals surface area contributed by atoms with E-state index in [1.54, 1.807) is 0 Å². The van der Waals surface area contributed by atoms with Gasteiger partial charge in [-0.15, -0.1) is 0 Å². The lowest BCUT2D eigenvalue weighted by atomic mass is 9.85. The van der Waals surface area contributed by atoms with Crippen molar-refractivity contribution in [2.45, 2.75) is 38.5 Å². The molecule has 0 nitrogen and oxygen atoms in total. The quantitative estimate of drug-likeness (QED) is 0.624. The molecule has 2 atom stereocenters. The van der Waals surface area contributed by atoms with Crippen LogP contribution in [0.25, 0.3) is 0 Å². The Morgan fingerprint density at radius 1 is 0.895 bits per heavy atom. The maximum absolute atomic E-state index is 5.96. The summed E-state index contributed by atoms with van der Waals surface area (Å²) >= 11 is 5.96. The normalized spacial score (nSPS) is 14.1. The van der Waals surface area contributed by atoms with E-state index in [0.717, 1.165) is 5.02 Å². The van der Waals surface area contributed by atoms with Crippen LogP contribution in [0.3, 0.4) is 0 Å². The molecule has 0 bridgehead atoms. The zero-order chi connectivity index (χ0) is 13.7. The highest BCUT2D eigenvalue weighted by Crippen LogP contribution is 2.32. The van der Waals surface area contributed by atoms with Gasteiger partial charge in [-0.3, -0.25) is 0 Å². The first-order valence-electron chi connectivity index (χ1n) is 7.01. The van der Waals surface area contributed by atoms with Crippen molar-refractivity contribution in [2.24, 2.45) is 0 Å². The van der Waals surface area contributed by atoms with E-state index in [9.17, 15) is 0 Å². The van der Waals surface area contributed by atoms with Crippen LogP contribution >= 0.6 is 11.6 Å². The molecule has 2 unspecified atom stereocenters. The molecule has 2 rings (SSSR count). The van der Waals surface area contributed by atoms with Gasteiger partial charge in [0.25, 0.3) is 0 Å². The Kier molecular flexibility index (Phi) is 5.04. The molecule has 0 aliphatic carbocycles. The third-order valence-electron chi connectivity index (χ3n) is 3.84. The third kappa shape index (κ3) is 3.84. The maximum Gasteiger partial charge on any atom is 0.0406 e. The van der Waals surface area contributed by atoms with Crippen LogP contribution in [-0.4, -0.2) is 0 Å². The van der Waals surface area contributed by atoms with Crippen LogP contribution < -0.4 is 0 Å². The van der Waals surface area contributed by atoms with E-state index in [1.165, 1.54) is 24.0 Å². The molecule has 0 amide bonds. The molecule has 2 aromatic rings. The summed E-state index contributed by atoms with van der Waals surface area (Å²) < 4.78 is 0. The van der Waals surface area contributed by atoms with E-state index in [-0.39, 0.29) is 0 Å². The molecule has 0 aliphatic rings. The lowest BCUT2D eigenvalue weighted by Crippen LogP contribution is -2.03. The zero-order valence-electron chi connectivity index (χ0n) is 11.6. The molecule has 0 fully saturated rings. The summed E-state index contributed by atoms with van der Waals surface area (Å²) in [6, 6.07) is 19.1. The molecule has 19 heavy (non-hydrogen) atoms.